The minimum atomic E-state index is 0.904. The number of anilines is 3. The fraction of sp³-hybridized carbons (Fsp3) is 0. The van der Waals surface area contributed by atoms with E-state index in [1.54, 1.807) is 11.3 Å². The first-order valence-electron chi connectivity index (χ1n) is 18.0. The number of furan rings is 1. The molecular formula is C49H30N2OS2. The number of thiazole rings is 1. The number of thiophene rings is 1. The van der Waals surface area contributed by atoms with E-state index in [1.807, 2.05) is 23.5 Å². The third-order valence-electron chi connectivity index (χ3n) is 10.3. The highest BCUT2D eigenvalue weighted by molar-refractivity contribution is 7.27. The predicted molar refractivity (Wildman–Crippen MR) is 231 cm³/mol. The van der Waals surface area contributed by atoms with Gasteiger partial charge in [0.25, 0.3) is 0 Å². The molecule has 0 amide bonds. The Balaban J connectivity index is 1.14. The quantitative estimate of drug-likeness (QED) is 0.171. The molecule has 3 heterocycles. The van der Waals surface area contributed by atoms with Gasteiger partial charge >= 0.3 is 0 Å². The highest BCUT2D eigenvalue weighted by atomic mass is 32.1. The first kappa shape index (κ1) is 31.0. The van der Waals surface area contributed by atoms with Crippen LogP contribution in [0, 0.1) is 0 Å². The number of rotatable bonds is 6. The van der Waals surface area contributed by atoms with E-state index >= 15 is 0 Å². The first-order chi connectivity index (χ1) is 26.8. The zero-order chi connectivity index (χ0) is 35.6. The molecule has 0 fully saturated rings. The lowest BCUT2D eigenvalue weighted by atomic mass is 10.0. The molecule has 0 aliphatic rings. The monoisotopic (exact) mass is 726 g/mol. The van der Waals surface area contributed by atoms with Crippen LogP contribution in [-0.2, 0) is 0 Å². The van der Waals surface area contributed by atoms with Gasteiger partial charge in [-0.15, -0.1) is 22.7 Å². The summed E-state index contributed by atoms with van der Waals surface area (Å²) in [4.78, 5) is 7.73. The van der Waals surface area contributed by atoms with Crippen molar-refractivity contribution in [3.63, 3.8) is 0 Å². The van der Waals surface area contributed by atoms with Crippen molar-refractivity contribution in [2.75, 3.05) is 4.90 Å². The summed E-state index contributed by atoms with van der Waals surface area (Å²) in [6, 6.07) is 64.8. The molecule has 0 bridgehead atoms. The molecule has 0 unspecified atom stereocenters. The summed E-state index contributed by atoms with van der Waals surface area (Å²) in [5, 5.41) is 5.76. The number of para-hydroxylation sites is 2. The lowest BCUT2D eigenvalue weighted by Crippen LogP contribution is -2.10. The fourth-order valence-electron chi connectivity index (χ4n) is 7.74. The van der Waals surface area contributed by atoms with Crippen LogP contribution in [0.2, 0.25) is 0 Å². The van der Waals surface area contributed by atoms with Gasteiger partial charge in [0.1, 0.15) is 16.2 Å². The number of hydrogen-bond acceptors (Lipinski definition) is 5. The molecule has 0 spiro atoms. The van der Waals surface area contributed by atoms with Crippen LogP contribution >= 0.6 is 22.7 Å². The van der Waals surface area contributed by atoms with Gasteiger partial charge in [-0.05, 0) is 59.2 Å². The Bertz CT molecular complexity index is 3140. The van der Waals surface area contributed by atoms with E-state index in [0.29, 0.717) is 0 Å². The molecule has 11 aromatic rings. The van der Waals surface area contributed by atoms with Gasteiger partial charge in [0.15, 0.2) is 0 Å². The molecule has 54 heavy (non-hydrogen) atoms. The highest BCUT2D eigenvalue weighted by Gasteiger charge is 2.24. The topological polar surface area (TPSA) is 29.3 Å². The Labute approximate surface area is 319 Å². The molecule has 0 saturated carbocycles. The Morgan fingerprint density at radius 1 is 0.444 bits per heavy atom. The Hall–Kier alpha value is -6.53. The number of benzene rings is 8. The Morgan fingerprint density at radius 3 is 1.81 bits per heavy atom. The van der Waals surface area contributed by atoms with E-state index in [2.05, 4.69) is 175 Å². The zero-order valence-electron chi connectivity index (χ0n) is 28.9. The van der Waals surface area contributed by atoms with Crippen molar-refractivity contribution in [3.05, 3.63) is 182 Å². The maximum Gasteiger partial charge on any atom is 0.143 e. The van der Waals surface area contributed by atoms with Gasteiger partial charge in [0.2, 0.25) is 0 Å². The predicted octanol–water partition coefficient (Wildman–Crippen LogP) is 15.0. The van der Waals surface area contributed by atoms with E-state index in [4.69, 9.17) is 9.40 Å². The largest absolute Gasteiger partial charge is 0.455 e. The molecular weight excluding hydrogens is 697 g/mol. The van der Waals surface area contributed by atoms with Crippen molar-refractivity contribution in [2.24, 2.45) is 0 Å². The van der Waals surface area contributed by atoms with Crippen LogP contribution in [0.4, 0.5) is 17.1 Å². The van der Waals surface area contributed by atoms with E-state index < -0.39 is 0 Å². The molecule has 8 aromatic carbocycles. The number of fused-ring (bicyclic) bond motifs is 7. The molecule has 0 radical (unpaired) electrons. The van der Waals surface area contributed by atoms with Gasteiger partial charge in [-0.3, -0.25) is 0 Å². The zero-order valence-corrected chi connectivity index (χ0v) is 30.6. The summed E-state index contributed by atoms with van der Waals surface area (Å²) < 4.78 is 10.1. The number of hydrogen-bond donors (Lipinski definition) is 0. The second-order valence-corrected chi connectivity index (χ2v) is 15.6. The standard InChI is InChI=1S/C49H30N2OS2/c1-3-12-31(13-4-1)32-22-26-35(27-23-32)51(36-28-24-33(25-29-36)37-18-11-19-40-38-16-7-9-20-43(38)52-46(37)40)45-47-41(39-17-8-10-21-44(39)53-47)30-42-48(45)54-49(50-42)34-14-5-2-6-15-34/h1-30H. The van der Waals surface area contributed by atoms with E-state index in [1.165, 1.54) is 31.3 Å². The molecule has 0 saturated heterocycles. The molecule has 0 N–H and O–H groups in total. The lowest BCUT2D eigenvalue weighted by Gasteiger charge is -2.27. The Morgan fingerprint density at radius 2 is 1.06 bits per heavy atom. The summed E-state index contributed by atoms with van der Waals surface area (Å²) in [5.74, 6) is 0. The SMILES string of the molecule is c1ccc(-c2ccc(N(c3ccc(-c4cccc5c4oc4ccccc45)cc3)c3c4sc(-c5ccccc5)nc4cc4c3sc3ccccc34)cc2)cc1. The molecule has 0 aliphatic heterocycles. The average Bonchev–Trinajstić information content (AvgIpc) is 3.96. The normalized spacial score (nSPS) is 11.7. The smallest absolute Gasteiger partial charge is 0.143 e. The summed E-state index contributed by atoms with van der Waals surface area (Å²) in [6.07, 6.45) is 0. The maximum absolute atomic E-state index is 6.45. The van der Waals surface area contributed by atoms with Gasteiger partial charge < -0.3 is 9.32 Å². The summed E-state index contributed by atoms with van der Waals surface area (Å²) in [5.41, 5.74) is 11.8. The lowest BCUT2D eigenvalue weighted by molar-refractivity contribution is 0.670. The fourth-order valence-corrected chi connectivity index (χ4v) is 10.1. The minimum Gasteiger partial charge on any atom is -0.455 e. The average molecular weight is 727 g/mol. The van der Waals surface area contributed by atoms with Crippen molar-refractivity contribution in [1.29, 1.82) is 0 Å². The van der Waals surface area contributed by atoms with E-state index in [-0.39, 0.29) is 0 Å². The van der Waals surface area contributed by atoms with Gasteiger partial charge in [0, 0.05) is 48.7 Å². The van der Waals surface area contributed by atoms with Crippen molar-refractivity contribution in [2.45, 2.75) is 0 Å². The van der Waals surface area contributed by atoms with Crippen LogP contribution in [0.5, 0.6) is 0 Å². The van der Waals surface area contributed by atoms with Crippen LogP contribution in [0.1, 0.15) is 0 Å². The second-order valence-electron chi connectivity index (χ2n) is 13.5. The number of aromatic nitrogens is 1. The van der Waals surface area contributed by atoms with Gasteiger partial charge in [0.05, 0.1) is 20.6 Å². The van der Waals surface area contributed by atoms with Gasteiger partial charge in [-0.1, -0.05) is 140 Å². The van der Waals surface area contributed by atoms with Crippen LogP contribution in [-0.4, -0.2) is 4.98 Å². The summed E-state index contributed by atoms with van der Waals surface area (Å²) in [7, 11) is 0. The molecule has 3 aromatic heterocycles. The molecule has 3 nitrogen and oxygen atoms in total. The van der Waals surface area contributed by atoms with Crippen LogP contribution < -0.4 is 4.90 Å². The second kappa shape index (κ2) is 12.6. The van der Waals surface area contributed by atoms with Crippen LogP contribution in [0.3, 0.4) is 0 Å². The van der Waals surface area contributed by atoms with Gasteiger partial charge in [-0.2, -0.15) is 0 Å². The maximum atomic E-state index is 6.45. The van der Waals surface area contributed by atoms with E-state index in [0.717, 1.165) is 70.9 Å². The van der Waals surface area contributed by atoms with Crippen LogP contribution in [0.25, 0.3) is 85.2 Å². The molecule has 0 atom stereocenters. The number of nitrogens with zero attached hydrogens (tertiary/aromatic N) is 2. The third-order valence-corrected chi connectivity index (χ3v) is 12.6. The van der Waals surface area contributed by atoms with Crippen LogP contribution in [0.15, 0.2) is 186 Å². The minimum absolute atomic E-state index is 0.904. The van der Waals surface area contributed by atoms with Crippen molar-refractivity contribution < 1.29 is 4.42 Å². The van der Waals surface area contributed by atoms with Gasteiger partial charge in [-0.25, -0.2) is 4.98 Å². The van der Waals surface area contributed by atoms with Crippen molar-refractivity contribution in [1.82, 2.24) is 4.98 Å². The van der Waals surface area contributed by atoms with E-state index in [9.17, 15) is 0 Å². The first-order valence-corrected chi connectivity index (χ1v) is 19.7. The molecule has 5 heteroatoms. The molecule has 254 valence electrons. The highest BCUT2D eigenvalue weighted by Crippen LogP contribution is 2.51. The summed E-state index contributed by atoms with van der Waals surface area (Å²) >= 11 is 3.62. The van der Waals surface area contributed by atoms with Crippen molar-refractivity contribution >= 4 is 92.1 Å². The Kier molecular flexibility index (Phi) is 7.22. The molecule has 11 rings (SSSR count). The summed E-state index contributed by atoms with van der Waals surface area (Å²) in [6.45, 7) is 0. The molecule has 0 aliphatic carbocycles. The van der Waals surface area contributed by atoms with Crippen molar-refractivity contribution in [3.8, 4) is 32.8 Å². The third kappa shape index (κ3) is 5.05.